The van der Waals surface area contributed by atoms with E-state index in [-0.39, 0.29) is 11.6 Å². The minimum Gasteiger partial charge on any atom is -0.494 e. The largest absolute Gasteiger partial charge is 0.494 e. The number of halogens is 2. The molecule has 2 aromatic carbocycles. The molecule has 0 aliphatic carbocycles. The van der Waals surface area contributed by atoms with Crippen LogP contribution in [-0.4, -0.2) is 7.11 Å². The Labute approximate surface area is 110 Å². The molecule has 0 heterocycles. The van der Waals surface area contributed by atoms with Crippen LogP contribution in [0.5, 0.6) is 5.75 Å². The normalized spacial score (nSPS) is 12.3. The highest BCUT2D eigenvalue weighted by atomic mass is 19.1. The van der Waals surface area contributed by atoms with Crippen molar-refractivity contribution in [2.45, 2.75) is 13.0 Å². The lowest BCUT2D eigenvalue weighted by Gasteiger charge is -2.16. The lowest BCUT2D eigenvalue weighted by atomic mass is 9.95. The van der Waals surface area contributed by atoms with E-state index < -0.39 is 11.9 Å². The molecule has 0 fully saturated rings. The average molecular weight is 263 g/mol. The number of hydrogen-bond acceptors (Lipinski definition) is 2. The molecule has 2 aromatic rings. The molecule has 0 bridgehead atoms. The third-order valence-electron chi connectivity index (χ3n) is 3.11. The van der Waals surface area contributed by atoms with E-state index in [1.807, 2.05) is 6.92 Å². The first-order chi connectivity index (χ1) is 9.02. The van der Waals surface area contributed by atoms with Crippen LogP contribution >= 0.6 is 0 Å². The number of rotatable bonds is 3. The van der Waals surface area contributed by atoms with E-state index in [0.29, 0.717) is 11.1 Å². The maximum Gasteiger partial charge on any atom is 0.165 e. The number of aryl methyl sites for hydroxylation is 1. The molecule has 0 saturated heterocycles. The van der Waals surface area contributed by atoms with Gasteiger partial charge in [0.25, 0.3) is 0 Å². The first-order valence-electron chi connectivity index (χ1n) is 5.88. The fourth-order valence-corrected chi connectivity index (χ4v) is 2.00. The number of methoxy groups -OCH3 is 1. The van der Waals surface area contributed by atoms with Crippen LogP contribution < -0.4 is 10.5 Å². The zero-order valence-electron chi connectivity index (χ0n) is 10.8. The van der Waals surface area contributed by atoms with Crippen LogP contribution in [0.2, 0.25) is 0 Å². The molecule has 0 radical (unpaired) electrons. The molecule has 2 rings (SSSR count). The van der Waals surface area contributed by atoms with Gasteiger partial charge in [0.2, 0.25) is 0 Å². The Balaban J connectivity index is 2.41. The third kappa shape index (κ3) is 2.74. The van der Waals surface area contributed by atoms with E-state index in [0.717, 1.165) is 5.56 Å². The highest BCUT2D eigenvalue weighted by Gasteiger charge is 2.14. The molecule has 100 valence electrons. The van der Waals surface area contributed by atoms with Crippen molar-refractivity contribution in [2.75, 3.05) is 7.11 Å². The van der Waals surface area contributed by atoms with E-state index in [1.54, 1.807) is 12.1 Å². The zero-order valence-corrected chi connectivity index (χ0v) is 10.8. The molecule has 1 unspecified atom stereocenters. The van der Waals surface area contributed by atoms with Crippen molar-refractivity contribution in [2.24, 2.45) is 5.73 Å². The van der Waals surface area contributed by atoms with Crippen molar-refractivity contribution in [3.05, 3.63) is 64.7 Å². The molecule has 2 N–H and O–H groups in total. The van der Waals surface area contributed by atoms with Gasteiger partial charge in [0.05, 0.1) is 13.2 Å². The van der Waals surface area contributed by atoms with Gasteiger partial charge in [-0.3, -0.25) is 0 Å². The van der Waals surface area contributed by atoms with Gasteiger partial charge in [0.1, 0.15) is 5.82 Å². The second-order valence-electron chi connectivity index (χ2n) is 4.37. The molecule has 2 nitrogen and oxygen atoms in total. The predicted molar refractivity (Wildman–Crippen MR) is 70.1 cm³/mol. The summed E-state index contributed by atoms with van der Waals surface area (Å²) < 4.78 is 31.8. The van der Waals surface area contributed by atoms with Gasteiger partial charge in [0, 0.05) is 0 Å². The molecule has 1 atom stereocenters. The second kappa shape index (κ2) is 5.36. The van der Waals surface area contributed by atoms with Gasteiger partial charge in [-0.15, -0.1) is 0 Å². The fraction of sp³-hybridized carbons (Fsp3) is 0.200. The minimum atomic E-state index is -0.573. The van der Waals surface area contributed by atoms with Crippen molar-refractivity contribution >= 4 is 0 Å². The first kappa shape index (κ1) is 13.5. The Kier molecular flexibility index (Phi) is 3.81. The number of benzene rings is 2. The summed E-state index contributed by atoms with van der Waals surface area (Å²) in [4.78, 5) is 0. The van der Waals surface area contributed by atoms with Crippen LogP contribution in [0.25, 0.3) is 0 Å². The van der Waals surface area contributed by atoms with Crippen LogP contribution in [0, 0.1) is 18.6 Å². The molecule has 0 amide bonds. The number of ether oxygens (including phenoxy) is 1. The summed E-state index contributed by atoms with van der Waals surface area (Å²) in [7, 11) is 1.40. The van der Waals surface area contributed by atoms with Gasteiger partial charge in [-0.1, -0.05) is 12.1 Å². The fourth-order valence-electron chi connectivity index (χ4n) is 2.00. The minimum absolute atomic E-state index is 0.159. The summed E-state index contributed by atoms with van der Waals surface area (Å²) in [5.41, 5.74) is 8.16. The molecule has 0 saturated carbocycles. The summed E-state index contributed by atoms with van der Waals surface area (Å²) in [6.07, 6.45) is 0. The Bertz CT molecular complexity index is 599. The quantitative estimate of drug-likeness (QED) is 0.921. The number of hydrogen-bond donors (Lipinski definition) is 1. The Morgan fingerprint density at radius 2 is 1.84 bits per heavy atom. The van der Waals surface area contributed by atoms with Crippen LogP contribution in [0.3, 0.4) is 0 Å². The maximum absolute atomic E-state index is 13.7. The van der Waals surface area contributed by atoms with Gasteiger partial charge >= 0.3 is 0 Å². The van der Waals surface area contributed by atoms with E-state index in [2.05, 4.69) is 0 Å². The van der Waals surface area contributed by atoms with E-state index in [1.165, 1.54) is 31.4 Å². The molecule has 0 aliphatic heterocycles. The Morgan fingerprint density at radius 3 is 2.47 bits per heavy atom. The highest BCUT2D eigenvalue weighted by molar-refractivity contribution is 5.39. The van der Waals surface area contributed by atoms with E-state index in [4.69, 9.17) is 10.5 Å². The van der Waals surface area contributed by atoms with Crippen molar-refractivity contribution in [3.63, 3.8) is 0 Å². The van der Waals surface area contributed by atoms with Crippen molar-refractivity contribution < 1.29 is 13.5 Å². The Morgan fingerprint density at radius 1 is 1.11 bits per heavy atom. The van der Waals surface area contributed by atoms with Gasteiger partial charge in [0.15, 0.2) is 11.6 Å². The lowest BCUT2D eigenvalue weighted by molar-refractivity contribution is 0.386. The smallest absolute Gasteiger partial charge is 0.165 e. The van der Waals surface area contributed by atoms with Crippen molar-refractivity contribution in [1.82, 2.24) is 0 Å². The summed E-state index contributed by atoms with van der Waals surface area (Å²) >= 11 is 0. The van der Waals surface area contributed by atoms with Gasteiger partial charge in [-0.2, -0.15) is 0 Å². The molecule has 0 spiro atoms. The van der Waals surface area contributed by atoms with Crippen LogP contribution in [0.15, 0.2) is 36.4 Å². The van der Waals surface area contributed by atoms with Crippen LogP contribution in [0.1, 0.15) is 22.7 Å². The summed E-state index contributed by atoms with van der Waals surface area (Å²) in [6.45, 7) is 1.84. The van der Waals surface area contributed by atoms with E-state index >= 15 is 0 Å². The highest BCUT2D eigenvalue weighted by Crippen LogP contribution is 2.26. The maximum atomic E-state index is 13.7. The monoisotopic (exact) mass is 263 g/mol. The topological polar surface area (TPSA) is 35.2 Å². The zero-order chi connectivity index (χ0) is 14.0. The lowest BCUT2D eigenvalue weighted by Crippen LogP contribution is -2.14. The summed E-state index contributed by atoms with van der Waals surface area (Å²) in [5, 5.41) is 0. The van der Waals surface area contributed by atoms with Gasteiger partial charge < -0.3 is 10.5 Å². The Hall–Kier alpha value is -1.94. The predicted octanol–water partition coefficient (Wildman–Crippen LogP) is 3.33. The van der Waals surface area contributed by atoms with Crippen molar-refractivity contribution in [1.29, 1.82) is 0 Å². The summed E-state index contributed by atoms with van der Waals surface area (Å²) in [6, 6.07) is 8.34. The molecular formula is C15H15F2NO. The molecule has 0 aromatic heterocycles. The van der Waals surface area contributed by atoms with Gasteiger partial charge in [-0.25, -0.2) is 8.78 Å². The molecule has 0 aliphatic rings. The molecule has 19 heavy (non-hydrogen) atoms. The number of nitrogens with two attached hydrogens (primary N) is 1. The third-order valence-corrected chi connectivity index (χ3v) is 3.11. The van der Waals surface area contributed by atoms with Gasteiger partial charge in [-0.05, 0) is 47.9 Å². The molecule has 4 heteroatoms. The SMILES string of the molecule is COc1ccc(C(N)c2cc(F)ccc2C)cc1F. The second-order valence-corrected chi connectivity index (χ2v) is 4.37. The average Bonchev–Trinajstić information content (AvgIpc) is 2.40. The standard InChI is InChI=1S/C15H15F2NO/c1-9-3-5-11(16)8-12(9)15(18)10-4-6-14(19-2)13(17)7-10/h3-8,15H,18H2,1-2H3. The molecular weight excluding hydrogens is 248 g/mol. The van der Waals surface area contributed by atoms with Crippen LogP contribution in [-0.2, 0) is 0 Å². The van der Waals surface area contributed by atoms with Crippen molar-refractivity contribution in [3.8, 4) is 5.75 Å². The summed E-state index contributed by atoms with van der Waals surface area (Å²) in [5.74, 6) is -0.679. The van der Waals surface area contributed by atoms with Crippen LogP contribution in [0.4, 0.5) is 8.78 Å². The van der Waals surface area contributed by atoms with E-state index in [9.17, 15) is 8.78 Å². The first-order valence-corrected chi connectivity index (χ1v) is 5.88.